The number of hydrogen-bond acceptors (Lipinski definition) is 10. The molecule has 3 aliphatic heterocycles. The first kappa shape index (κ1) is 43.0. The van der Waals surface area contributed by atoms with Crippen molar-refractivity contribution in [1.82, 2.24) is 44.9 Å². The van der Waals surface area contributed by atoms with Crippen molar-refractivity contribution in [1.29, 1.82) is 0 Å². The number of nitrogens with zero attached hydrogens (tertiary/aromatic N) is 7. The minimum absolute atomic E-state index is 0.00297. The van der Waals surface area contributed by atoms with E-state index < -0.39 is 24.3 Å². The van der Waals surface area contributed by atoms with Crippen LogP contribution < -0.4 is 10.2 Å². The fraction of sp³-hybridized carbons (Fsp3) is 0.468. The van der Waals surface area contributed by atoms with E-state index in [1.54, 1.807) is 16.2 Å². The summed E-state index contributed by atoms with van der Waals surface area (Å²) in [5, 5.41) is 13.4. The molecule has 336 valence electrons. The highest BCUT2D eigenvalue weighted by molar-refractivity contribution is 7.22. The number of aromatic nitrogens is 5. The van der Waals surface area contributed by atoms with Gasteiger partial charge >= 0.3 is 12.2 Å². The number of rotatable bonds is 11. The van der Waals surface area contributed by atoms with E-state index in [4.69, 9.17) is 19.7 Å². The second-order valence-electron chi connectivity index (χ2n) is 18.1. The molecular formula is C47H56N10O6S. The Morgan fingerprint density at radius 2 is 1.31 bits per heavy atom. The zero-order chi connectivity index (χ0) is 45.0. The van der Waals surface area contributed by atoms with Crippen LogP contribution in [-0.2, 0) is 14.3 Å². The first-order valence-corrected chi connectivity index (χ1v) is 23.2. The summed E-state index contributed by atoms with van der Waals surface area (Å²) in [5.41, 5.74) is 6.63. The summed E-state index contributed by atoms with van der Waals surface area (Å²) in [6.07, 6.45) is 3.15. The maximum atomic E-state index is 13.9. The maximum Gasteiger partial charge on any atom is 0.407 e. The van der Waals surface area contributed by atoms with Crippen LogP contribution >= 0.6 is 11.3 Å². The van der Waals surface area contributed by atoms with Gasteiger partial charge in [-0.15, -0.1) is 0 Å². The Balaban J connectivity index is 1.01. The largest absolute Gasteiger partial charge is 0.465 e. The molecule has 3 saturated heterocycles. The molecule has 0 radical (unpaired) electrons. The number of likely N-dealkylation sites (N-methyl/N-ethyl adjacent to an activating group) is 1. The number of carboxylic acid groups (broad SMARTS) is 1. The average Bonchev–Trinajstić information content (AvgIpc) is 4.14. The van der Waals surface area contributed by atoms with Gasteiger partial charge in [0.1, 0.15) is 23.7 Å². The van der Waals surface area contributed by atoms with Crippen molar-refractivity contribution < 1.29 is 29.0 Å². The van der Waals surface area contributed by atoms with E-state index in [9.17, 15) is 24.3 Å². The predicted octanol–water partition coefficient (Wildman–Crippen LogP) is 8.47. The van der Waals surface area contributed by atoms with Crippen LogP contribution in [0.25, 0.3) is 32.3 Å². The molecule has 0 saturated carbocycles. The number of ether oxygens (including phenoxy) is 1. The lowest BCUT2D eigenvalue weighted by atomic mass is 10.0. The number of imidazole rings is 2. The molecule has 6 atom stereocenters. The minimum Gasteiger partial charge on any atom is -0.465 e. The number of fused-ring (bicyclic) bond motifs is 3. The molecule has 6 heterocycles. The number of carbonyl (C=O) groups excluding carboxylic acids is 3. The highest BCUT2D eigenvalue weighted by atomic mass is 32.1. The summed E-state index contributed by atoms with van der Waals surface area (Å²) in [6.45, 7) is 8.69. The number of aromatic amines is 2. The number of thiazole rings is 1. The lowest BCUT2D eigenvalue weighted by Gasteiger charge is -2.33. The van der Waals surface area contributed by atoms with Gasteiger partial charge in [-0.1, -0.05) is 63.3 Å². The van der Waals surface area contributed by atoms with Gasteiger partial charge in [0.2, 0.25) is 11.8 Å². The molecule has 4 amide bonds. The van der Waals surface area contributed by atoms with Crippen LogP contribution in [0.3, 0.4) is 0 Å². The van der Waals surface area contributed by atoms with E-state index >= 15 is 0 Å². The Morgan fingerprint density at radius 3 is 1.83 bits per heavy atom. The van der Waals surface area contributed by atoms with E-state index in [2.05, 4.69) is 68.7 Å². The Morgan fingerprint density at radius 1 is 0.750 bits per heavy atom. The molecule has 3 aromatic carbocycles. The van der Waals surface area contributed by atoms with Crippen LogP contribution in [0.2, 0.25) is 0 Å². The van der Waals surface area contributed by atoms with E-state index in [0.717, 1.165) is 97.8 Å². The lowest BCUT2D eigenvalue weighted by molar-refractivity contribution is -0.138. The predicted molar refractivity (Wildman–Crippen MR) is 245 cm³/mol. The molecule has 3 fully saturated rings. The molecule has 4 N–H and O–H groups in total. The number of nitrogens with one attached hydrogen (secondary N) is 3. The van der Waals surface area contributed by atoms with Crippen molar-refractivity contribution in [2.24, 2.45) is 11.8 Å². The maximum absolute atomic E-state index is 13.9. The normalized spacial score (nSPS) is 21.2. The highest BCUT2D eigenvalue weighted by Crippen LogP contribution is 2.49. The number of carbonyl (C=O) groups is 4. The van der Waals surface area contributed by atoms with E-state index in [-0.39, 0.29) is 47.8 Å². The first-order chi connectivity index (χ1) is 30.8. The quantitative estimate of drug-likeness (QED) is 0.0981. The molecular weight excluding hydrogens is 833 g/mol. The van der Waals surface area contributed by atoms with Crippen LogP contribution in [0, 0.1) is 11.8 Å². The third-order valence-corrected chi connectivity index (χ3v) is 14.5. The van der Waals surface area contributed by atoms with Crippen molar-refractivity contribution in [3.8, 4) is 0 Å². The van der Waals surface area contributed by atoms with E-state index in [1.807, 2.05) is 44.7 Å². The number of amides is 4. The number of likely N-dealkylation sites (tertiary alicyclic amines) is 2. The second kappa shape index (κ2) is 17.4. The number of anilines is 1. The summed E-state index contributed by atoms with van der Waals surface area (Å²) >= 11 is 1.69. The zero-order valence-electron chi connectivity index (χ0n) is 37.1. The number of para-hydroxylation sites is 1. The van der Waals surface area contributed by atoms with Gasteiger partial charge in [0.25, 0.3) is 0 Å². The Hall–Kier alpha value is -6.23. The van der Waals surface area contributed by atoms with Gasteiger partial charge in [0.15, 0.2) is 5.13 Å². The van der Waals surface area contributed by atoms with Gasteiger partial charge in [-0.2, -0.15) is 0 Å². The Labute approximate surface area is 375 Å². The van der Waals surface area contributed by atoms with Crippen molar-refractivity contribution in [3.63, 3.8) is 0 Å². The Bertz CT molecular complexity index is 2690. The molecule has 17 heteroatoms. The molecule has 64 heavy (non-hydrogen) atoms. The number of benzene rings is 3. The molecule has 6 aromatic rings. The van der Waals surface area contributed by atoms with Gasteiger partial charge in [0.05, 0.1) is 63.6 Å². The lowest BCUT2D eigenvalue weighted by Crippen LogP contribution is -2.51. The number of hydrogen-bond donors (Lipinski definition) is 4. The smallest absolute Gasteiger partial charge is 0.407 e. The zero-order valence-corrected chi connectivity index (χ0v) is 37.9. The summed E-state index contributed by atoms with van der Waals surface area (Å²) in [6, 6.07) is 19.0. The van der Waals surface area contributed by atoms with Crippen LogP contribution in [0.4, 0.5) is 14.7 Å². The summed E-state index contributed by atoms with van der Waals surface area (Å²) in [4.78, 5) is 81.4. The molecule has 0 unspecified atom stereocenters. The monoisotopic (exact) mass is 888 g/mol. The fourth-order valence-corrected chi connectivity index (χ4v) is 11.3. The van der Waals surface area contributed by atoms with E-state index in [0.29, 0.717) is 18.9 Å². The van der Waals surface area contributed by atoms with E-state index in [1.165, 1.54) is 14.2 Å². The summed E-state index contributed by atoms with van der Waals surface area (Å²) in [7, 11) is 2.76. The van der Waals surface area contributed by atoms with Gasteiger partial charge in [-0.3, -0.25) is 14.5 Å². The minimum atomic E-state index is -1.13. The highest BCUT2D eigenvalue weighted by Gasteiger charge is 2.42. The van der Waals surface area contributed by atoms with Gasteiger partial charge in [-0.05, 0) is 97.9 Å². The number of alkyl carbamates (subject to hydrolysis) is 1. The van der Waals surface area contributed by atoms with Gasteiger partial charge in [0, 0.05) is 20.1 Å². The van der Waals surface area contributed by atoms with Crippen molar-refractivity contribution in [2.75, 3.05) is 32.1 Å². The SMILES string of the molecule is COC(=O)N[C@H](C(=O)N1CCC[C@H]1c1nc2ccc([C@H]3CC[C@H](c4ccc5nc([C@@H]6CCCN6C(=O)[C@H](C(C)C)N(C)C(=O)O)[nH]c5c4)N3c3nc4ccccc4s3)cc2[nH]1)C(C)C. The van der Waals surface area contributed by atoms with Crippen molar-refractivity contribution in [2.45, 2.75) is 102 Å². The fourth-order valence-electron chi connectivity index (χ4n) is 10.2. The van der Waals surface area contributed by atoms with Crippen LogP contribution in [0.5, 0.6) is 0 Å². The molecule has 9 rings (SSSR count). The number of methoxy groups -OCH3 is 1. The average molecular weight is 889 g/mol. The standard InChI is InChI=1S/C47H56N10O6S/c1-25(2)39(53-46(60)63-6)43(58)55-21-9-12-36(55)41-48-29-17-15-27(23-32(29)50-41)34-19-20-35(57(34)45-52-31-11-7-8-14-38(31)64-45)28-16-18-30-33(24-28)51-42(49-30)37-13-10-22-56(37)44(59)40(26(3)4)54(5)47(61)62/h7-8,11,14-18,23-26,34-37,39-40H,9-10,12-13,19-22H2,1-6H3,(H,48,50)(H,49,51)(H,53,60)(H,61,62)/t34-,35-,36+,37+,39+,40+/m1/s1. The third kappa shape index (κ3) is 7.87. The van der Waals surface area contributed by atoms with Gasteiger partial charge < -0.3 is 39.8 Å². The van der Waals surface area contributed by atoms with Gasteiger partial charge in [-0.25, -0.2) is 24.5 Å². The van der Waals surface area contributed by atoms with Crippen molar-refractivity contribution in [3.05, 3.63) is 83.4 Å². The van der Waals surface area contributed by atoms with Crippen molar-refractivity contribution >= 4 is 72.8 Å². The molecule has 3 aromatic heterocycles. The van der Waals surface area contributed by atoms with Crippen LogP contribution in [0.15, 0.2) is 60.7 Å². The molecule has 16 nitrogen and oxygen atoms in total. The topological polar surface area (TPSA) is 193 Å². The first-order valence-electron chi connectivity index (χ1n) is 22.4. The second-order valence-corrected chi connectivity index (χ2v) is 19.1. The molecule has 0 spiro atoms. The Kier molecular flexibility index (Phi) is 11.7. The van der Waals surface area contributed by atoms with Crippen LogP contribution in [-0.4, -0.2) is 108 Å². The van der Waals surface area contributed by atoms with Crippen LogP contribution in [0.1, 0.15) is 113 Å². The summed E-state index contributed by atoms with van der Waals surface area (Å²) < 4.78 is 5.94. The molecule has 0 aliphatic carbocycles. The third-order valence-electron chi connectivity index (χ3n) is 13.4. The summed E-state index contributed by atoms with van der Waals surface area (Å²) in [5.74, 6) is 0.779. The number of H-pyrrole nitrogens is 2. The molecule has 3 aliphatic rings. The molecule has 0 bridgehead atoms.